The Kier molecular flexibility index (Phi) is 8.42. The third kappa shape index (κ3) is 7.06. The average Bonchev–Trinajstić information content (AvgIpc) is 2.97. The lowest BCUT2D eigenvalue weighted by atomic mass is 9.94. The van der Waals surface area contributed by atoms with Gasteiger partial charge in [0.2, 0.25) is 0 Å². The zero-order chi connectivity index (χ0) is 29.7. The minimum atomic E-state index is -4.79. The van der Waals surface area contributed by atoms with Gasteiger partial charge >= 0.3 is 6.36 Å². The fourth-order valence-electron chi connectivity index (χ4n) is 4.93. The number of carbonyl (C=O) groups is 2. The second kappa shape index (κ2) is 12.3. The van der Waals surface area contributed by atoms with Crippen LogP contribution in [0.15, 0.2) is 91.1 Å². The highest BCUT2D eigenvalue weighted by Gasteiger charge is 2.31. The van der Waals surface area contributed by atoms with E-state index in [9.17, 15) is 22.8 Å². The van der Waals surface area contributed by atoms with Crippen LogP contribution in [0.25, 0.3) is 11.1 Å². The van der Waals surface area contributed by atoms with Crippen molar-refractivity contribution >= 4 is 17.5 Å². The van der Waals surface area contributed by atoms with E-state index in [1.165, 1.54) is 24.3 Å². The summed E-state index contributed by atoms with van der Waals surface area (Å²) in [6.45, 7) is 2.93. The number of rotatable bonds is 7. The van der Waals surface area contributed by atoms with Crippen LogP contribution in [0, 0.1) is 6.92 Å². The van der Waals surface area contributed by atoms with Crippen molar-refractivity contribution in [2.24, 2.45) is 0 Å². The third-order valence-corrected chi connectivity index (χ3v) is 6.90. The summed E-state index contributed by atoms with van der Waals surface area (Å²) in [5.74, 6) is -0.220. The molecule has 2 amide bonds. The largest absolute Gasteiger partial charge is 0.573 e. The SMILES string of the molecule is Cc1cccc(C(=O)Nc2cccc(OC3CCN(C(=O)c4ccccn4)CC3)c2)c1-c1ccc(OC(F)(F)F)cc1. The molecular formula is C32H28F3N3O4. The summed E-state index contributed by atoms with van der Waals surface area (Å²) >= 11 is 0. The van der Waals surface area contributed by atoms with E-state index in [-0.39, 0.29) is 23.7 Å². The smallest absolute Gasteiger partial charge is 0.490 e. The minimum Gasteiger partial charge on any atom is -0.490 e. The maximum Gasteiger partial charge on any atom is 0.573 e. The van der Waals surface area contributed by atoms with Gasteiger partial charge in [-0.25, -0.2) is 0 Å². The molecule has 1 saturated heterocycles. The maximum absolute atomic E-state index is 13.4. The topological polar surface area (TPSA) is 80.8 Å². The van der Waals surface area contributed by atoms with Crippen molar-refractivity contribution in [1.29, 1.82) is 0 Å². The van der Waals surface area contributed by atoms with E-state index in [1.807, 2.05) is 19.1 Å². The number of pyridine rings is 1. The number of alkyl halides is 3. The summed E-state index contributed by atoms with van der Waals surface area (Å²) in [5, 5.41) is 2.90. The van der Waals surface area contributed by atoms with Gasteiger partial charge in [0.25, 0.3) is 11.8 Å². The van der Waals surface area contributed by atoms with Crippen molar-refractivity contribution in [2.75, 3.05) is 18.4 Å². The highest BCUT2D eigenvalue weighted by molar-refractivity contribution is 6.09. The van der Waals surface area contributed by atoms with Gasteiger partial charge in [0, 0.05) is 49.4 Å². The van der Waals surface area contributed by atoms with Gasteiger partial charge in [0.1, 0.15) is 23.3 Å². The molecule has 2 heterocycles. The number of ether oxygens (including phenoxy) is 2. The Bertz CT molecular complexity index is 1550. The number of nitrogens with zero attached hydrogens (tertiary/aromatic N) is 2. The van der Waals surface area contributed by atoms with Crippen molar-refractivity contribution < 1.29 is 32.2 Å². The van der Waals surface area contributed by atoms with Crippen molar-refractivity contribution in [1.82, 2.24) is 9.88 Å². The summed E-state index contributed by atoms with van der Waals surface area (Å²) in [7, 11) is 0. The lowest BCUT2D eigenvalue weighted by Crippen LogP contribution is -2.42. The quantitative estimate of drug-likeness (QED) is 0.260. The number of anilines is 1. The third-order valence-electron chi connectivity index (χ3n) is 6.90. The van der Waals surface area contributed by atoms with E-state index >= 15 is 0 Å². The summed E-state index contributed by atoms with van der Waals surface area (Å²) in [4.78, 5) is 31.9. The van der Waals surface area contributed by atoms with E-state index in [0.29, 0.717) is 59.8 Å². The highest BCUT2D eigenvalue weighted by atomic mass is 19.4. The molecule has 10 heteroatoms. The number of likely N-dealkylation sites (tertiary alicyclic amines) is 1. The number of benzene rings is 3. The lowest BCUT2D eigenvalue weighted by Gasteiger charge is -2.32. The molecule has 0 bridgehead atoms. The molecular weight excluding hydrogens is 547 g/mol. The molecule has 3 aromatic carbocycles. The van der Waals surface area contributed by atoms with Crippen LogP contribution in [-0.4, -0.2) is 47.3 Å². The number of hydrogen-bond donors (Lipinski definition) is 1. The molecule has 0 unspecified atom stereocenters. The Hall–Kier alpha value is -4.86. The zero-order valence-corrected chi connectivity index (χ0v) is 22.7. The van der Waals surface area contributed by atoms with Crippen LogP contribution in [0.5, 0.6) is 11.5 Å². The van der Waals surface area contributed by atoms with Gasteiger partial charge < -0.3 is 19.7 Å². The van der Waals surface area contributed by atoms with E-state index in [4.69, 9.17) is 4.74 Å². The number of nitrogens with one attached hydrogen (secondary N) is 1. The molecule has 0 atom stereocenters. The van der Waals surface area contributed by atoms with E-state index in [1.54, 1.807) is 59.6 Å². The first-order valence-corrected chi connectivity index (χ1v) is 13.4. The molecule has 7 nitrogen and oxygen atoms in total. The Morgan fingerprint density at radius 1 is 0.905 bits per heavy atom. The first-order chi connectivity index (χ1) is 20.2. The van der Waals surface area contributed by atoms with Gasteiger partial charge in [-0.05, 0) is 66.1 Å². The van der Waals surface area contributed by atoms with Crippen LogP contribution in [0.2, 0.25) is 0 Å². The number of aryl methyl sites for hydroxylation is 1. The molecule has 0 spiro atoms. The van der Waals surface area contributed by atoms with E-state index in [2.05, 4.69) is 15.0 Å². The summed E-state index contributed by atoms with van der Waals surface area (Å²) in [6.07, 6.45) is -1.95. The zero-order valence-electron chi connectivity index (χ0n) is 22.7. The van der Waals surface area contributed by atoms with Crippen molar-refractivity contribution in [3.05, 3.63) is 108 Å². The summed E-state index contributed by atoms with van der Waals surface area (Å²) in [6, 6.07) is 23.0. The normalized spacial score (nSPS) is 13.9. The molecule has 1 aliphatic heterocycles. The highest BCUT2D eigenvalue weighted by Crippen LogP contribution is 2.32. The van der Waals surface area contributed by atoms with Gasteiger partial charge in [-0.2, -0.15) is 0 Å². The molecule has 1 aliphatic rings. The van der Waals surface area contributed by atoms with Crippen LogP contribution in [-0.2, 0) is 0 Å². The Morgan fingerprint density at radius 3 is 2.33 bits per heavy atom. The second-order valence-corrected chi connectivity index (χ2v) is 9.88. The van der Waals surface area contributed by atoms with Crippen molar-refractivity contribution in [3.63, 3.8) is 0 Å². The number of halogens is 3. The van der Waals surface area contributed by atoms with E-state index in [0.717, 1.165) is 5.56 Å². The fraction of sp³-hybridized carbons (Fsp3) is 0.219. The molecule has 4 aromatic rings. The average molecular weight is 576 g/mol. The summed E-state index contributed by atoms with van der Waals surface area (Å²) < 4.78 is 47.9. The molecule has 0 aliphatic carbocycles. The molecule has 1 N–H and O–H groups in total. The molecule has 1 fully saturated rings. The number of piperidine rings is 1. The predicted molar refractivity (Wildman–Crippen MR) is 151 cm³/mol. The van der Waals surface area contributed by atoms with Crippen LogP contribution in [0.1, 0.15) is 39.3 Å². The molecule has 0 radical (unpaired) electrons. The van der Waals surface area contributed by atoms with Crippen LogP contribution >= 0.6 is 0 Å². The standard InChI is InChI=1S/C32H28F3N3O4/c1-21-6-4-9-27(29(21)22-11-13-25(14-12-22)42-32(33,34)35)30(39)37-23-7-5-8-26(20-23)41-24-15-18-38(19-16-24)31(40)28-10-2-3-17-36-28/h2-14,17,20,24H,15-16,18-19H2,1H3,(H,37,39). The number of hydrogen-bond acceptors (Lipinski definition) is 5. The van der Waals surface area contributed by atoms with Crippen LogP contribution < -0.4 is 14.8 Å². The summed E-state index contributed by atoms with van der Waals surface area (Å²) in [5.41, 5.74) is 3.30. The van der Waals surface area contributed by atoms with Gasteiger partial charge in [0.05, 0.1) is 0 Å². The molecule has 42 heavy (non-hydrogen) atoms. The lowest BCUT2D eigenvalue weighted by molar-refractivity contribution is -0.274. The Labute approximate surface area is 240 Å². The van der Waals surface area contributed by atoms with E-state index < -0.39 is 6.36 Å². The second-order valence-electron chi connectivity index (χ2n) is 9.88. The van der Waals surface area contributed by atoms with Crippen molar-refractivity contribution in [3.8, 4) is 22.6 Å². The monoisotopic (exact) mass is 575 g/mol. The molecule has 1 aromatic heterocycles. The fourth-order valence-corrected chi connectivity index (χ4v) is 4.93. The minimum absolute atomic E-state index is 0.0867. The van der Waals surface area contributed by atoms with Crippen LogP contribution in [0.3, 0.4) is 0 Å². The first kappa shape index (κ1) is 28.7. The number of aromatic nitrogens is 1. The molecule has 5 rings (SSSR count). The molecule has 216 valence electrons. The Morgan fingerprint density at radius 2 is 1.64 bits per heavy atom. The van der Waals surface area contributed by atoms with Gasteiger partial charge in [-0.15, -0.1) is 13.2 Å². The van der Waals surface area contributed by atoms with Gasteiger partial charge in [-0.1, -0.05) is 36.4 Å². The van der Waals surface area contributed by atoms with Crippen molar-refractivity contribution in [2.45, 2.75) is 32.2 Å². The number of carbonyl (C=O) groups excluding carboxylic acids is 2. The predicted octanol–water partition coefficient (Wildman–Crippen LogP) is 6.89. The van der Waals surface area contributed by atoms with Crippen LogP contribution in [0.4, 0.5) is 18.9 Å². The van der Waals surface area contributed by atoms with Gasteiger partial charge in [0.15, 0.2) is 0 Å². The first-order valence-electron chi connectivity index (χ1n) is 13.4. The maximum atomic E-state index is 13.4. The van der Waals surface area contributed by atoms with Gasteiger partial charge in [-0.3, -0.25) is 14.6 Å². The number of amides is 2. The molecule has 0 saturated carbocycles. The Balaban J connectivity index is 1.23.